The third kappa shape index (κ3) is 5.33. The zero-order chi connectivity index (χ0) is 19.7. The van der Waals surface area contributed by atoms with E-state index in [1.54, 1.807) is 0 Å². The number of amides is 1. The van der Waals surface area contributed by atoms with Crippen molar-refractivity contribution in [1.29, 1.82) is 0 Å². The molecule has 2 N–H and O–H groups in total. The number of thioether (sulfide) groups is 1. The van der Waals surface area contributed by atoms with E-state index < -0.39 is 18.1 Å². The number of halogens is 4. The highest BCUT2D eigenvalue weighted by molar-refractivity contribution is 8.00. The number of fused-ring (bicyclic) bond motifs is 1. The highest BCUT2D eigenvalue weighted by Gasteiger charge is 2.52. The predicted molar refractivity (Wildman–Crippen MR) is 131 cm³/mol. The minimum absolute atomic E-state index is 0. The summed E-state index contributed by atoms with van der Waals surface area (Å²) in [6.45, 7) is 0. The summed E-state index contributed by atoms with van der Waals surface area (Å²) in [5.41, 5.74) is 8.52. The highest BCUT2D eigenvalue weighted by Crippen LogP contribution is 2.41. The highest BCUT2D eigenvalue weighted by atomic mass is 35.5. The fraction of sp³-hybridized carbons (Fsp3) is 0.238. The third-order valence-electron chi connectivity index (χ3n) is 4.87. The summed E-state index contributed by atoms with van der Waals surface area (Å²) in [6, 6.07) is 18.4. The van der Waals surface area contributed by atoms with E-state index in [1.165, 1.54) is 16.7 Å². The number of hydrogen-bond donors (Lipinski definition) is 1. The second-order valence-corrected chi connectivity index (χ2v) is 8.00. The molecule has 1 fully saturated rings. The molecule has 5 nitrogen and oxygen atoms in total. The van der Waals surface area contributed by atoms with E-state index in [9.17, 15) is 9.59 Å². The topological polar surface area (TPSA) is 72.6 Å². The van der Waals surface area contributed by atoms with Gasteiger partial charge in [-0.15, -0.1) is 60.6 Å². The second-order valence-electron chi connectivity index (χ2n) is 6.63. The van der Waals surface area contributed by atoms with E-state index in [4.69, 9.17) is 22.1 Å². The van der Waals surface area contributed by atoms with Crippen molar-refractivity contribution in [3.8, 4) is 0 Å². The van der Waals surface area contributed by atoms with Gasteiger partial charge in [0.1, 0.15) is 17.1 Å². The fourth-order valence-corrected chi connectivity index (χ4v) is 5.04. The Hall–Kier alpha value is -1.41. The van der Waals surface area contributed by atoms with Gasteiger partial charge < -0.3 is 10.5 Å². The maximum absolute atomic E-state index is 13.2. The van der Waals surface area contributed by atoms with Crippen LogP contribution in [0.4, 0.5) is 0 Å². The Morgan fingerprint density at radius 3 is 2.06 bits per heavy atom. The van der Waals surface area contributed by atoms with Crippen molar-refractivity contribution in [3.05, 3.63) is 83.1 Å². The van der Waals surface area contributed by atoms with Gasteiger partial charge in [-0.2, -0.15) is 0 Å². The van der Waals surface area contributed by atoms with Crippen LogP contribution < -0.4 is 5.73 Å². The molecule has 1 unspecified atom stereocenters. The lowest BCUT2D eigenvalue weighted by atomic mass is 10.0. The van der Waals surface area contributed by atoms with Crippen LogP contribution in [-0.2, 0) is 14.3 Å². The Balaban J connectivity index is 0.00000160. The van der Waals surface area contributed by atoms with Gasteiger partial charge in [-0.25, -0.2) is 4.79 Å². The molecule has 0 saturated carbocycles. The molecule has 168 valence electrons. The first kappa shape index (κ1) is 27.6. The summed E-state index contributed by atoms with van der Waals surface area (Å²) in [5.74, 6) is -0.122. The molecule has 0 aromatic heterocycles. The number of hydrogen-bond acceptors (Lipinski definition) is 5. The van der Waals surface area contributed by atoms with E-state index in [0.29, 0.717) is 11.3 Å². The molecule has 4 rings (SSSR count). The van der Waals surface area contributed by atoms with Crippen LogP contribution in [0.2, 0.25) is 0 Å². The number of carbonyl (C=O) groups excluding carboxylic acids is 2. The van der Waals surface area contributed by atoms with E-state index in [1.807, 2.05) is 60.7 Å². The van der Waals surface area contributed by atoms with Gasteiger partial charge in [-0.3, -0.25) is 9.69 Å². The third-order valence-corrected chi connectivity index (χ3v) is 6.56. The Bertz CT molecular complexity index is 891. The first-order valence-electron chi connectivity index (χ1n) is 8.91. The fourth-order valence-electron chi connectivity index (χ4n) is 3.42. The Labute approximate surface area is 208 Å². The Morgan fingerprint density at radius 2 is 1.58 bits per heavy atom. The molecule has 0 aliphatic carbocycles. The number of benzene rings is 2. The van der Waals surface area contributed by atoms with Crippen LogP contribution >= 0.6 is 60.6 Å². The molecule has 2 aliphatic rings. The largest absolute Gasteiger partial charge is 0.448 e. The first-order valence-corrected chi connectivity index (χ1v) is 10.5. The molecule has 0 radical (unpaired) electrons. The summed E-state index contributed by atoms with van der Waals surface area (Å²) in [4.78, 5) is 26.9. The normalized spacial score (nSPS) is 19.3. The van der Waals surface area contributed by atoms with Crippen molar-refractivity contribution >= 4 is 72.5 Å². The number of esters is 1. The lowest BCUT2D eigenvalue weighted by Crippen LogP contribution is -2.68. The summed E-state index contributed by atoms with van der Waals surface area (Å²) in [6.07, 6.45) is -0.586. The van der Waals surface area contributed by atoms with Gasteiger partial charge in [0.25, 0.3) is 0 Å². The van der Waals surface area contributed by atoms with Crippen molar-refractivity contribution in [2.24, 2.45) is 5.73 Å². The smallest absolute Gasteiger partial charge is 0.356 e. The lowest BCUT2D eigenvalue weighted by Gasteiger charge is -2.48. The molecule has 2 aliphatic heterocycles. The van der Waals surface area contributed by atoms with Gasteiger partial charge in [-0.1, -0.05) is 60.7 Å². The number of nitrogens with zero attached hydrogens (tertiary/aromatic N) is 1. The molecule has 0 spiro atoms. The average molecular weight is 524 g/mol. The van der Waals surface area contributed by atoms with Crippen LogP contribution in [0.5, 0.6) is 0 Å². The summed E-state index contributed by atoms with van der Waals surface area (Å²) < 4.78 is 5.93. The average Bonchev–Trinajstić information content (AvgIpc) is 2.76. The maximum atomic E-state index is 13.2. The number of nitrogens with two attached hydrogens (primary N) is 1. The molecule has 31 heavy (non-hydrogen) atoms. The van der Waals surface area contributed by atoms with Crippen LogP contribution in [0.1, 0.15) is 17.2 Å². The molecule has 2 aromatic rings. The molecule has 1 saturated heterocycles. The van der Waals surface area contributed by atoms with E-state index in [0.717, 1.165) is 11.1 Å². The molecule has 1 amide bonds. The van der Waals surface area contributed by atoms with E-state index >= 15 is 0 Å². The number of ether oxygens (including phenoxy) is 1. The number of alkyl halides is 1. The first-order chi connectivity index (χ1) is 13.6. The van der Waals surface area contributed by atoms with Crippen molar-refractivity contribution in [2.45, 2.75) is 17.5 Å². The number of β-lactam (4-membered cyclic amide) rings is 1. The summed E-state index contributed by atoms with van der Waals surface area (Å²) in [7, 11) is 0. The molecule has 0 bridgehead atoms. The van der Waals surface area contributed by atoms with E-state index in [-0.39, 0.29) is 60.1 Å². The Kier molecular flexibility index (Phi) is 10.7. The van der Waals surface area contributed by atoms with Gasteiger partial charge in [0.2, 0.25) is 5.91 Å². The molecule has 2 atom stereocenters. The minimum Gasteiger partial charge on any atom is -0.448 e. The standard InChI is InChI=1S/C21H19ClN2O3S.3ClH/c22-11-15-12-28-20-16(23)19(25)24(20)17(15)21(26)27-18(13-7-3-1-4-8-13)14-9-5-2-6-10-14;;;/h1-10,16,18,20H,11-12,23H2;3*1H/t16?,20-;;;/m0.../s1. The van der Waals surface area contributed by atoms with Crippen molar-refractivity contribution < 1.29 is 14.3 Å². The van der Waals surface area contributed by atoms with Crippen LogP contribution in [0.25, 0.3) is 0 Å². The van der Waals surface area contributed by atoms with Gasteiger partial charge >= 0.3 is 5.97 Å². The monoisotopic (exact) mass is 522 g/mol. The zero-order valence-electron chi connectivity index (χ0n) is 16.2. The Morgan fingerprint density at radius 1 is 1.06 bits per heavy atom. The predicted octanol–water partition coefficient (Wildman–Crippen LogP) is 4.32. The van der Waals surface area contributed by atoms with Crippen LogP contribution in [0, 0.1) is 0 Å². The van der Waals surface area contributed by atoms with Crippen molar-refractivity contribution in [2.75, 3.05) is 11.6 Å². The second kappa shape index (κ2) is 12.0. The molecule has 2 heterocycles. The van der Waals surface area contributed by atoms with Crippen LogP contribution in [0.3, 0.4) is 0 Å². The van der Waals surface area contributed by atoms with Gasteiger partial charge in [0, 0.05) is 11.6 Å². The molecular weight excluding hydrogens is 502 g/mol. The zero-order valence-corrected chi connectivity index (χ0v) is 20.2. The quantitative estimate of drug-likeness (QED) is 0.359. The number of carbonyl (C=O) groups is 2. The SMILES string of the molecule is Cl.Cl.Cl.NC1C(=O)N2C(C(=O)OC(c3ccccc3)c3ccccc3)=C(CCl)CS[C@@H]12. The molecular formula is C21H22Cl4N2O3S. The molecule has 2 aromatic carbocycles. The molecule has 10 heteroatoms. The van der Waals surface area contributed by atoms with Crippen LogP contribution in [0.15, 0.2) is 71.9 Å². The summed E-state index contributed by atoms with van der Waals surface area (Å²) >= 11 is 7.58. The number of rotatable bonds is 5. The van der Waals surface area contributed by atoms with Gasteiger partial charge in [-0.05, 0) is 16.7 Å². The van der Waals surface area contributed by atoms with E-state index in [2.05, 4.69) is 0 Å². The van der Waals surface area contributed by atoms with Gasteiger partial charge in [0.15, 0.2) is 6.10 Å². The van der Waals surface area contributed by atoms with Gasteiger partial charge in [0.05, 0.1) is 0 Å². The van der Waals surface area contributed by atoms with Crippen molar-refractivity contribution in [3.63, 3.8) is 0 Å². The maximum Gasteiger partial charge on any atom is 0.356 e. The minimum atomic E-state index is -0.594. The lowest BCUT2D eigenvalue weighted by molar-refractivity contribution is -0.153. The van der Waals surface area contributed by atoms with Crippen LogP contribution in [-0.4, -0.2) is 39.8 Å². The van der Waals surface area contributed by atoms with Crippen molar-refractivity contribution in [1.82, 2.24) is 4.90 Å². The summed E-state index contributed by atoms with van der Waals surface area (Å²) in [5, 5.41) is -0.242.